The Kier molecular flexibility index (Phi) is 4.61. The van der Waals surface area contributed by atoms with E-state index < -0.39 is 0 Å². The van der Waals surface area contributed by atoms with Gasteiger partial charge in [0.15, 0.2) is 0 Å². The molecular weight excluding hydrogens is 250 g/mol. The highest BCUT2D eigenvalue weighted by Crippen LogP contribution is 2.48. The number of hydrogen-bond acceptors (Lipinski definition) is 2. The van der Waals surface area contributed by atoms with E-state index in [1.54, 1.807) is 24.2 Å². The molecule has 2 atom stereocenters. The fraction of sp³-hybridized carbons (Fsp3) is 0.353. The second-order valence-electron chi connectivity index (χ2n) is 5.04. The van der Waals surface area contributed by atoms with E-state index in [1.807, 2.05) is 24.3 Å². The molecule has 0 heterocycles. The molecule has 0 N–H and O–H groups in total. The van der Waals surface area contributed by atoms with Crippen molar-refractivity contribution in [3.63, 3.8) is 0 Å². The molecule has 0 radical (unpaired) electrons. The van der Waals surface area contributed by atoms with Gasteiger partial charge < -0.3 is 9.64 Å². The Labute approximate surface area is 120 Å². The van der Waals surface area contributed by atoms with Gasteiger partial charge in [0, 0.05) is 19.0 Å². The Morgan fingerprint density at radius 1 is 1.30 bits per heavy atom. The topological polar surface area (TPSA) is 29.5 Å². The summed E-state index contributed by atoms with van der Waals surface area (Å²) in [5.74, 6) is 1.48. The third kappa shape index (κ3) is 3.10. The van der Waals surface area contributed by atoms with E-state index in [0.29, 0.717) is 19.0 Å². The zero-order valence-electron chi connectivity index (χ0n) is 11.9. The van der Waals surface area contributed by atoms with E-state index in [4.69, 9.17) is 4.74 Å². The molecule has 3 nitrogen and oxygen atoms in total. The predicted molar refractivity (Wildman–Crippen MR) is 80.8 cm³/mol. The van der Waals surface area contributed by atoms with Gasteiger partial charge in [0.1, 0.15) is 5.75 Å². The molecule has 1 aromatic rings. The minimum absolute atomic E-state index is 0.100. The SMILES string of the molecule is C=CCN(CC=C)C(=O)C1CC1c1ccc(OC)cc1. The van der Waals surface area contributed by atoms with Crippen molar-refractivity contribution in [1.29, 1.82) is 0 Å². The lowest BCUT2D eigenvalue weighted by Gasteiger charge is -2.19. The smallest absolute Gasteiger partial charge is 0.226 e. The maximum Gasteiger partial charge on any atom is 0.226 e. The summed E-state index contributed by atoms with van der Waals surface area (Å²) in [7, 11) is 1.65. The number of hydrogen-bond donors (Lipinski definition) is 0. The van der Waals surface area contributed by atoms with Crippen LogP contribution in [0.15, 0.2) is 49.6 Å². The van der Waals surface area contributed by atoms with Crippen LogP contribution in [0.1, 0.15) is 17.9 Å². The number of ether oxygens (including phenoxy) is 1. The second-order valence-corrected chi connectivity index (χ2v) is 5.04. The van der Waals surface area contributed by atoms with Crippen LogP contribution in [-0.4, -0.2) is 31.0 Å². The number of benzene rings is 1. The molecule has 1 aromatic carbocycles. The van der Waals surface area contributed by atoms with Gasteiger partial charge in [-0.25, -0.2) is 0 Å². The van der Waals surface area contributed by atoms with Gasteiger partial charge in [0.2, 0.25) is 5.91 Å². The van der Waals surface area contributed by atoms with Gasteiger partial charge in [-0.05, 0) is 30.0 Å². The molecular formula is C17H21NO2. The van der Waals surface area contributed by atoms with Gasteiger partial charge in [0.25, 0.3) is 0 Å². The van der Waals surface area contributed by atoms with E-state index in [1.165, 1.54) is 5.56 Å². The molecule has 1 aliphatic rings. The van der Waals surface area contributed by atoms with Crippen LogP contribution in [0.4, 0.5) is 0 Å². The fourth-order valence-electron chi connectivity index (χ4n) is 2.49. The van der Waals surface area contributed by atoms with Gasteiger partial charge >= 0.3 is 0 Å². The summed E-state index contributed by atoms with van der Waals surface area (Å²) in [6.07, 6.45) is 4.44. The van der Waals surface area contributed by atoms with Crippen LogP contribution in [0.5, 0.6) is 5.75 Å². The van der Waals surface area contributed by atoms with Crippen LogP contribution in [-0.2, 0) is 4.79 Å². The average Bonchev–Trinajstić information content (AvgIpc) is 3.27. The van der Waals surface area contributed by atoms with Gasteiger partial charge in [-0.15, -0.1) is 13.2 Å². The van der Waals surface area contributed by atoms with Gasteiger partial charge in [-0.2, -0.15) is 0 Å². The van der Waals surface area contributed by atoms with Crippen molar-refractivity contribution in [2.45, 2.75) is 12.3 Å². The van der Waals surface area contributed by atoms with E-state index in [0.717, 1.165) is 12.2 Å². The molecule has 20 heavy (non-hydrogen) atoms. The summed E-state index contributed by atoms with van der Waals surface area (Å²) in [6, 6.07) is 7.98. The highest BCUT2D eigenvalue weighted by Gasteiger charge is 2.45. The summed E-state index contributed by atoms with van der Waals surface area (Å²) < 4.78 is 5.15. The Hall–Kier alpha value is -2.03. The van der Waals surface area contributed by atoms with Crippen molar-refractivity contribution < 1.29 is 9.53 Å². The van der Waals surface area contributed by atoms with Gasteiger partial charge in [-0.1, -0.05) is 24.3 Å². The molecule has 1 fully saturated rings. The molecule has 0 bridgehead atoms. The summed E-state index contributed by atoms with van der Waals surface area (Å²) in [4.78, 5) is 14.2. The summed E-state index contributed by atoms with van der Waals surface area (Å²) in [5.41, 5.74) is 1.21. The molecule has 1 aliphatic carbocycles. The monoisotopic (exact) mass is 271 g/mol. The number of carbonyl (C=O) groups excluding carboxylic acids is 1. The largest absolute Gasteiger partial charge is 0.497 e. The first-order chi connectivity index (χ1) is 9.71. The lowest BCUT2D eigenvalue weighted by molar-refractivity contribution is -0.131. The van der Waals surface area contributed by atoms with Crippen molar-refractivity contribution in [3.8, 4) is 5.75 Å². The van der Waals surface area contributed by atoms with Crippen molar-refractivity contribution in [1.82, 2.24) is 4.90 Å². The summed E-state index contributed by atoms with van der Waals surface area (Å²) in [6.45, 7) is 8.56. The molecule has 0 saturated heterocycles. The first-order valence-corrected chi connectivity index (χ1v) is 6.85. The maximum absolute atomic E-state index is 12.4. The summed E-state index contributed by atoms with van der Waals surface area (Å²) in [5, 5.41) is 0. The molecule has 2 rings (SSSR count). The maximum atomic E-state index is 12.4. The molecule has 2 unspecified atom stereocenters. The Morgan fingerprint density at radius 2 is 1.90 bits per heavy atom. The molecule has 1 amide bonds. The number of rotatable bonds is 7. The standard InChI is InChI=1S/C17H21NO2/c1-4-10-18(11-5-2)17(19)16-12-15(16)13-6-8-14(20-3)9-7-13/h4-9,15-16H,1-2,10-12H2,3H3. The van der Waals surface area contributed by atoms with Crippen LogP contribution < -0.4 is 4.74 Å². The second kappa shape index (κ2) is 6.42. The Balaban J connectivity index is 2.00. The molecule has 0 spiro atoms. The Morgan fingerprint density at radius 3 is 2.40 bits per heavy atom. The van der Waals surface area contributed by atoms with Crippen LogP contribution in [0, 0.1) is 5.92 Å². The van der Waals surface area contributed by atoms with Crippen molar-refractivity contribution in [2.75, 3.05) is 20.2 Å². The van der Waals surface area contributed by atoms with Crippen molar-refractivity contribution in [2.24, 2.45) is 5.92 Å². The van der Waals surface area contributed by atoms with Crippen LogP contribution >= 0.6 is 0 Å². The third-order valence-corrected chi connectivity index (χ3v) is 3.66. The highest BCUT2D eigenvalue weighted by molar-refractivity contribution is 5.83. The van der Waals surface area contributed by atoms with Crippen LogP contribution in [0.25, 0.3) is 0 Å². The number of nitrogens with zero attached hydrogens (tertiary/aromatic N) is 1. The summed E-state index contributed by atoms with van der Waals surface area (Å²) >= 11 is 0. The lowest BCUT2D eigenvalue weighted by atomic mass is 10.1. The molecule has 3 heteroatoms. The van der Waals surface area contributed by atoms with Gasteiger partial charge in [-0.3, -0.25) is 4.79 Å². The van der Waals surface area contributed by atoms with Crippen LogP contribution in [0.3, 0.4) is 0 Å². The minimum atomic E-state index is 0.100. The van der Waals surface area contributed by atoms with E-state index in [2.05, 4.69) is 13.2 Å². The molecule has 106 valence electrons. The minimum Gasteiger partial charge on any atom is -0.497 e. The first kappa shape index (κ1) is 14.4. The average molecular weight is 271 g/mol. The molecule has 1 saturated carbocycles. The Bertz CT molecular complexity index is 482. The normalized spacial score (nSPS) is 20.1. The third-order valence-electron chi connectivity index (χ3n) is 3.66. The van der Waals surface area contributed by atoms with E-state index >= 15 is 0 Å². The van der Waals surface area contributed by atoms with Crippen LogP contribution in [0.2, 0.25) is 0 Å². The lowest BCUT2D eigenvalue weighted by Crippen LogP contribution is -2.32. The van der Waals surface area contributed by atoms with E-state index in [9.17, 15) is 4.79 Å². The first-order valence-electron chi connectivity index (χ1n) is 6.85. The number of carbonyl (C=O) groups is 1. The zero-order chi connectivity index (χ0) is 14.5. The molecule has 0 aromatic heterocycles. The van der Waals surface area contributed by atoms with E-state index in [-0.39, 0.29) is 11.8 Å². The fourth-order valence-corrected chi connectivity index (χ4v) is 2.49. The van der Waals surface area contributed by atoms with Gasteiger partial charge in [0.05, 0.1) is 7.11 Å². The van der Waals surface area contributed by atoms with Crippen molar-refractivity contribution in [3.05, 3.63) is 55.1 Å². The molecule has 0 aliphatic heterocycles. The zero-order valence-corrected chi connectivity index (χ0v) is 11.9. The predicted octanol–water partition coefficient (Wildman–Crippen LogP) is 3.00. The highest BCUT2D eigenvalue weighted by atomic mass is 16.5. The quantitative estimate of drug-likeness (QED) is 0.713. The number of amides is 1. The number of methoxy groups -OCH3 is 1. The van der Waals surface area contributed by atoms with Crippen molar-refractivity contribution >= 4 is 5.91 Å².